The zero-order valence-corrected chi connectivity index (χ0v) is 11.4. The first-order valence-corrected chi connectivity index (χ1v) is 7.86. The van der Waals surface area contributed by atoms with Crippen LogP contribution < -0.4 is 4.57 Å². The summed E-state index contributed by atoms with van der Waals surface area (Å²) < 4.78 is 32.5. The third-order valence-electron chi connectivity index (χ3n) is 2.57. The summed E-state index contributed by atoms with van der Waals surface area (Å²) in [5.41, 5.74) is 2.46. The Hall–Kier alpha value is -1.58. The minimum Gasteiger partial charge on any atom is -0.286 e. The number of nitro groups is 1. The number of nitrogens with zero attached hydrogens (tertiary/aromatic N) is 2. The van der Waals surface area contributed by atoms with Crippen molar-refractivity contribution in [3.8, 4) is 0 Å². The smallest absolute Gasteiger partial charge is 0.276 e. The van der Waals surface area contributed by atoms with Crippen LogP contribution in [-0.2, 0) is 16.7 Å². The minimum atomic E-state index is -3.97. The van der Waals surface area contributed by atoms with Crippen molar-refractivity contribution in [2.24, 2.45) is 0 Å². The zero-order chi connectivity index (χ0) is 14.0. The fourth-order valence-electron chi connectivity index (χ4n) is 1.71. The molecule has 0 aliphatic heterocycles. The van der Waals surface area contributed by atoms with Crippen molar-refractivity contribution in [1.82, 2.24) is 0 Å². The highest BCUT2D eigenvalue weighted by Gasteiger charge is 2.17. The summed E-state index contributed by atoms with van der Waals surface area (Å²) in [5, 5.41) is 10.7. The standard InChI is InChI=1S/C10H10N2O5S2/c13-12(14)8-2-3-10-9(6-8)11(7-18-10)4-1-5-19(15,16)17/h2-3,6-7H,1,4-5H2/p+1. The lowest BCUT2D eigenvalue weighted by molar-refractivity contribution is -0.667. The van der Waals surface area contributed by atoms with Crippen molar-refractivity contribution in [3.63, 3.8) is 0 Å². The summed E-state index contributed by atoms with van der Waals surface area (Å²) >= 11 is 1.42. The molecular weight excluding hydrogens is 292 g/mol. The lowest BCUT2D eigenvalue weighted by Gasteiger charge is -1.95. The molecule has 0 saturated heterocycles. The van der Waals surface area contributed by atoms with Gasteiger partial charge < -0.3 is 0 Å². The molecule has 102 valence electrons. The maximum absolute atomic E-state index is 10.7. The Bertz CT molecular complexity index is 723. The molecule has 0 unspecified atom stereocenters. The number of nitro benzene ring substituents is 1. The highest BCUT2D eigenvalue weighted by molar-refractivity contribution is 7.85. The molecule has 0 atom stereocenters. The molecule has 0 radical (unpaired) electrons. The van der Waals surface area contributed by atoms with Crippen LogP contribution in [0.25, 0.3) is 10.2 Å². The number of thiazole rings is 1. The second-order valence-electron chi connectivity index (χ2n) is 3.97. The van der Waals surface area contributed by atoms with E-state index in [0.717, 1.165) is 4.70 Å². The number of fused-ring (bicyclic) bond motifs is 1. The van der Waals surface area contributed by atoms with Crippen molar-refractivity contribution in [3.05, 3.63) is 33.8 Å². The molecule has 7 nitrogen and oxygen atoms in total. The minimum absolute atomic E-state index is 0.00516. The van der Waals surface area contributed by atoms with Crippen LogP contribution in [0.1, 0.15) is 6.42 Å². The Labute approximate surface area is 113 Å². The van der Waals surface area contributed by atoms with Crippen molar-refractivity contribution in [1.29, 1.82) is 0 Å². The fourth-order valence-corrected chi connectivity index (χ4v) is 3.11. The van der Waals surface area contributed by atoms with Crippen molar-refractivity contribution >= 4 is 37.4 Å². The molecule has 1 aromatic heterocycles. The normalized spacial score (nSPS) is 11.8. The summed E-state index contributed by atoms with van der Waals surface area (Å²) in [5.74, 6) is -0.327. The van der Waals surface area contributed by atoms with E-state index in [2.05, 4.69) is 0 Å². The zero-order valence-electron chi connectivity index (χ0n) is 9.72. The molecule has 1 heterocycles. The first kappa shape index (κ1) is 13.8. The van der Waals surface area contributed by atoms with Gasteiger partial charge >= 0.3 is 0 Å². The fraction of sp³-hybridized carbons (Fsp3) is 0.300. The molecule has 1 N–H and O–H groups in total. The van der Waals surface area contributed by atoms with Gasteiger partial charge in [0.1, 0.15) is 4.70 Å². The lowest BCUT2D eigenvalue weighted by atomic mass is 10.3. The molecule has 0 aliphatic carbocycles. The van der Waals surface area contributed by atoms with Gasteiger partial charge in [-0.1, -0.05) is 11.3 Å². The van der Waals surface area contributed by atoms with Crippen LogP contribution >= 0.6 is 11.3 Å². The summed E-state index contributed by atoms with van der Waals surface area (Å²) in [6.07, 6.45) is 0.248. The Morgan fingerprint density at radius 1 is 1.42 bits per heavy atom. The van der Waals surface area contributed by atoms with E-state index in [0.29, 0.717) is 12.1 Å². The molecule has 1 aromatic carbocycles. The maximum atomic E-state index is 10.7. The second-order valence-corrected chi connectivity index (χ2v) is 6.42. The lowest BCUT2D eigenvalue weighted by Crippen LogP contribution is -2.32. The van der Waals surface area contributed by atoms with Gasteiger partial charge in [-0.25, -0.2) is 0 Å². The Balaban J connectivity index is 2.23. The molecule has 9 heteroatoms. The van der Waals surface area contributed by atoms with Gasteiger partial charge in [-0.2, -0.15) is 13.0 Å². The summed E-state index contributed by atoms with van der Waals surface area (Å²) in [4.78, 5) is 10.2. The van der Waals surface area contributed by atoms with E-state index in [1.807, 2.05) is 0 Å². The van der Waals surface area contributed by atoms with E-state index in [1.54, 1.807) is 16.1 Å². The summed E-state index contributed by atoms with van der Waals surface area (Å²) in [7, 11) is -3.97. The van der Waals surface area contributed by atoms with Gasteiger partial charge in [0.2, 0.25) is 11.0 Å². The number of aryl methyl sites for hydroxylation is 1. The van der Waals surface area contributed by atoms with E-state index in [4.69, 9.17) is 4.55 Å². The van der Waals surface area contributed by atoms with E-state index < -0.39 is 15.0 Å². The third kappa shape index (κ3) is 3.46. The van der Waals surface area contributed by atoms with Crippen molar-refractivity contribution in [2.75, 3.05) is 5.75 Å². The van der Waals surface area contributed by atoms with Gasteiger partial charge in [-0.3, -0.25) is 14.7 Å². The largest absolute Gasteiger partial charge is 0.286 e. The first-order valence-electron chi connectivity index (χ1n) is 5.37. The monoisotopic (exact) mass is 303 g/mol. The molecular formula is C10H11N2O5S2+. The first-order chi connectivity index (χ1) is 8.87. The Morgan fingerprint density at radius 2 is 2.16 bits per heavy atom. The Morgan fingerprint density at radius 3 is 2.79 bits per heavy atom. The predicted molar refractivity (Wildman–Crippen MR) is 69.7 cm³/mol. The SMILES string of the molecule is O=[N+]([O-])c1ccc2sc[n+](CCCS(=O)(=O)O)c2c1. The van der Waals surface area contributed by atoms with Crippen LogP contribution in [-0.4, -0.2) is 23.6 Å². The number of non-ortho nitro benzene ring substituents is 1. The summed E-state index contributed by atoms with van der Waals surface area (Å²) in [6.45, 7) is 0.376. The molecule has 2 aromatic rings. The van der Waals surface area contributed by atoms with Crippen LogP contribution in [0.3, 0.4) is 0 Å². The average Bonchev–Trinajstić information content (AvgIpc) is 2.70. The molecule has 0 saturated carbocycles. The molecule has 2 rings (SSSR count). The van der Waals surface area contributed by atoms with Crippen LogP contribution in [0.4, 0.5) is 5.69 Å². The molecule has 0 bridgehead atoms. The van der Waals surface area contributed by atoms with E-state index in [9.17, 15) is 18.5 Å². The number of hydrogen-bond donors (Lipinski definition) is 1. The Kier molecular flexibility index (Phi) is 3.78. The average molecular weight is 303 g/mol. The predicted octanol–water partition coefficient (Wildman–Crippen LogP) is 1.37. The van der Waals surface area contributed by atoms with Crippen LogP contribution in [0.5, 0.6) is 0 Å². The number of rotatable bonds is 5. The molecule has 0 amide bonds. The maximum Gasteiger partial charge on any atom is 0.276 e. The van der Waals surface area contributed by atoms with Crippen LogP contribution in [0.2, 0.25) is 0 Å². The van der Waals surface area contributed by atoms with Gasteiger partial charge in [-0.05, 0) is 6.07 Å². The highest BCUT2D eigenvalue weighted by Crippen LogP contribution is 2.21. The number of aromatic nitrogens is 1. The van der Waals surface area contributed by atoms with Crippen LogP contribution in [0.15, 0.2) is 23.7 Å². The van der Waals surface area contributed by atoms with Crippen LogP contribution in [0, 0.1) is 10.1 Å². The quantitative estimate of drug-likeness (QED) is 0.389. The molecule has 0 aliphatic rings. The number of benzene rings is 1. The van der Waals surface area contributed by atoms with Crippen molar-refractivity contribution in [2.45, 2.75) is 13.0 Å². The molecule has 19 heavy (non-hydrogen) atoms. The highest BCUT2D eigenvalue weighted by atomic mass is 32.2. The number of hydrogen-bond acceptors (Lipinski definition) is 5. The molecule has 0 spiro atoms. The van der Waals surface area contributed by atoms with Gasteiger partial charge in [0.05, 0.1) is 16.7 Å². The van der Waals surface area contributed by atoms with E-state index in [1.165, 1.54) is 23.5 Å². The van der Waals surface area contributed by atoms with Crippen molar-refractivity contribution < 1.29 is 22.5 Å². The molecule has 0 fully saturated rings. The van der Waals surface area contributed by atoms with E-state index in [-0.39, 0.29) is 17.9 Å². The van der Waals surface area contributed by atoms with Gasteiger partial charge in [-0.15, -0.1) is 0 Å². The van der Waals surface area contributed by atoms with E-state index >= 15 is 0 Å². The third-order valence-corrected chi connectivity index (χ3v) is 4.33. The van der Waals surface area contributed by atoms with Gasteiger partial charge in [0, 0.05) is 12.5 Å². The topological polar surface area (TPSA) is 101 Å². The summed E-state index contributed by atoms with van der Waals surface area (Å²) in [6, 6.07) is 4.55. The second kappa shape index (κ2) is 5.19. The van der Waals surface area contributed by atoms with Gasteiger partial charge in [0.25, 0.3) is 15.8 Å². The van der Waals surface area contributed by atoms with Gasteiger partial charge in [0.15, 0.2) is 6.54 Å².